The van der Waals surface area contributed by atoms with Gasteiger partial charge in [-0.25, -0.2) is 15.0 Å². The van der Waals surface area contributed by atoms with Crippen LogP contribution in [0.4, 0.5) is 10.9 Å². The molecular weight excluding hydrogens is 372 g/mol. The van der Waals surface area contributed by atoms with Gasteiger partial charge in [0.15, 0.2) is 5.13 Å². The molecule has 7 nitrogen and oxygen atoms in total. The first kappa shape index (κ1) is 18.2. The summed E-state index contributed by atoms with van der Waals surface area (Å²) in [7, 11) is 0. The molecule has 1 amide bonds. The second-order valence-corrected chi connectivity index (χ2v) is 7.47. The number of nitrogens with one attached hydrogen (secondary N) is 1. The van der Waals surface area contributed by atoms with Crippen molar-refractivity contribution in [3.05, 3.63) is 65.3 Å². The van der Waals surface area contributed by atoms with E-state index in [4.69, 9.17) is 0 Å². The van der Waals surface area contributed by atoms with Crippen molar-refractivity contribution >= 4 is 34.3 Å². The highest BCUT2D eigenvalue weighted by Gasteiger charge is 2.27. The lowest BCUT2D eigenvalue weighted by Gasteiger charge is -2.15. The molecule has 142 valence electrons. The summed E-state index contributed by atoms with van der Waals surface area (Å²) in [4.78, 5) is 31.7. The largest absolute Gasteiger partial charge is 0.338 e. The van der Waals surface area contributed by atoms with Gasteiger partial charge >= 0.3 is 0 Å². The minimum atomic E-state index is 0.0123. The first-order valence-corrected chi connectivity index (χ1v) is 9.94. The Kier molecular flexibility index (Phi) is 5.38. The lowest BCUT2D eigenvalue weighted by molar-refractivity contribution is -0.124. The zero-order valence-corrected chi connectivity index (χ0v) is 16.3. The topological polar surface area (TPSA) is 83.9 Å². The molecule has 1 unspecified atom stereocenters. The third kappa shape index (κ3) is 4.40. The highest BCUT2D eigenvalue weighted by atomic mass is 32.1. The second kappa shape index (κ2) is 8.26. The van der Waals surface area contributed by atoms with Crippen LogP contribution in [-0.2, 0) is 4.79 Å². The summed E-state index contributed by atoms with van der Waals surface area (Å²) in [5.74, 6) is 1.66. The van der Waals surface area contributed by atoms with E-state index >= 15 is 0 Å². The van der Waals surface area contributed by atoms with E-state index in [0.717, 1.165) is 35.2 Å². The number of amides is 1. The maximum Gasteiger partial charge on any atom is 0.246 e. The van der Waals surface area contributed by atoms with Crippen LogP contribution in [0.15, 0.2) is 48.2 Å². The van der Waals surface area contributed by atoms with Gasteiger partial charge in [-0.15, -0.1) is 11.3 Å². The molecule has 4 heterocycles. The van der Waals surface area contributed by atoms with E-state index in [1.807, 2.05) is 35.4 Å². The number of rotatable bonds is 5. The fraction of sp³-hybridized carbons (Fsp3) is 0.250. The normalized spacial score (nSPS) is 16.6. The summed E-state index contributed by atoms with van der Waals surface area (Å²) in [5, 5.41) is 5.93. The Balaban J connectivity index is 1.43. The van der Waals surface area contributed by atoms with Gasteiger partial charge in [0.25, 0.3) is 0 Å². The highest BCUT2D eigenvalue weighted by molar-refractivity contribution is 7.13. The molecule has 1 aliphatic rings. The Morgan fingerprint density at radius 1 is 1.36 bits per heavy atom. The van der Waals surface area contributed by atoms with Crippen LogP contribution in [0.25, 0.3) is 6.08 Å². The summed E-state index contributed by atoms with van der Waals surface area (Å²) >= 11 is 1.52. The Bertz CT molecular complexity index is 974. The molecule has 3 aromatic heterocycles. The Morgan fingerprint density at radius 2 is 2.29 bits per heavy atom. The molecule has 1 saturated heterocycles. The third-order valence-corrected chi connectivity index (χ3v) is 5.23. The number of carbonyl (C=O) groups excluding carboxylic acids is 1. The summed E-state index contributed by atoms with van der Waals surface area (Å²) in [6, 6.07) is 5.73. The van der Waals surface area contributed by atoms with Crippen LogP contribution in [-0.4, -0.2) is 43.8 Å². The van der Waals surface area contributed by atoms with Crippen LogP contribution < -0.4 is 5.32 Å². The summed E-state index contributed by atoms with van der Waals surface area (Å²) in [5.41, 5.74) is 1.87. The molecule has 0 bridgehead atoms. The number of nitrogens with zero attached hydrogens (tertiary/aromatic N) is 5. The Hall–Kier alpha value is -3.13. The predicted octanol–water partition coefficient (Wildman–Crippen LogP) is 3.41. The molecule has 1 N–H and O–H groups in total. The molecule has 0 saturated carbocycles. The number of hydrogen-bond acceptors (Lipinski definition) is 7. The maximum absolute atomic E-state index is 12.5. The predicted molar refractivity (Wildman–Crippen MR) is 109 cm³/mol. The van der Waals surface area contributed by atoms with Gasteiger partial charge in [0, 0.05) is 55.1 Å². The number of thiazole rings is 1. The number of aryl methyl sites for hydroxylation is 1. The third-order valence-electron chi connectivity index (χ3n) is 4.55. The molecule has 1 atom stereocenters. The van der Waals surface area contributed by atoms with Crippen molar-refractivity contribution in [3.63, 3.8) is 0 Å². The number of likely N-dealkylation sites (tertiary alicyclic amines) is 1. The molecule has 1 aliphatic heterocycles. The van der Waals surface area contributed by atoms with E-state index in [0.29, 0.717) is 12.4 Å². The number of pyridine rings is 1. The van der Waals surface area contributed by atoms with E-state index in [1.54, 1.807) is 30.7 Å². The maximum atomic E-state index is 12.5. The fourth-order valence-electron chi connectivity index (χ4n) is 3.21. The van der Waals surface area contributed by atoms with Crippen LogP contribution in [0.5, 0.6) is 0 Å². The first-order chi connectivity index (χ1) is 13.7. The molecule has 0 aromatic carbocycles. The number of carbonyl (C=O) groups is 1. The van der Waals surface area contributed by atoms with Gasteiger partial charge in [0.2, 0.25) is 5.91 Å². The van der Waals surface area contributed by atoms with Crippen molar-refractivity contribution in [2.24, 2.45) is 0 Å². The smallest absolute Gasteiger partial charge is 0.246 e. The van der Waals surface area contributed by atoms with Gasteiger partial charge in [0.05, 0.1) is 5.69 Å². The van der Waals surface area contributed by atoms with E-state index in [2.05, 4.69) is 25.3 Å². The average molecular weight is 392 g/mol. The van der Waals surface area contributed by atoms with Gasteiger partial charge < -0.3 is 10.2 Å². The van der Waals surface area contributed by atoms with Crippen molar-refractivity contribution in [2.75, 3.05) is 18.4 Å². The van der Waals surface area contributed by atoms with Gasteiger partial charge in [-0.2, -0.15) is 0 Å². The van der Waals surface area contributed by atoms with Crippen LogP contribution in [0.1, 0.15) is 29.4 Å². The van der Waals surface area contributed by atoms with Gasteiger partial charge in [-0.05, 0) is 31.1 Å². The van der Waals surface area contributed by atoms with Gasteiger partial charge in [0.1, 0.15) is 11.6 Å². The van der Waals surface area contributed by atoms with Crippen molar-refractivity contribution in [1.29, 1.82) is 0 Å². The minimum absolute atomic E-state index is 0.0123. The van der Waals surface area contributed by atoms with Gasteiger partial charge in [-0.3, -0.25) is 9.78 Å². The van der Waals surface area contributed by atoms with Crippen LogP contribution in [0.3, 0.4) is 0 Å². The number of anilines is 2. The SMILES string of the molecule is Cc1nc(Nc2nccs2)cc(C2CCN(C(=O)C=Cc3cccnc3)C2)n1. The summed E-state index contributed by atoms with van der Waals surface area (Å²) in [6.07, 6.45) is 9.50. The standard InChI is InChI=1S/C20H20N6OS/c1-14-23-17(11-18(24-14)25-20-22-8-10-28-20)16-6-9-26(13-16)19(27)5-4-15-3-2-7-21-12-15/h2-5,7-8,10-12,16H,6,9,13H2,1H3,(H,22,23,24,25). The van der Waals surface area contributed by atoms with Crippen molar-refractivity contribution in [1.82, 2.24) is 24.8 Å². The number of hydrogen-bond donors (Lipinski definition) is 1. The fourth-order valence-corrected chi connectivity index (χ4v) is 3.74. The van der Waals surface area contributed by atoms with E-state index in [9.17, 15) is 4.79 Å². The Morgan fingerprint density at radius 3 is 3.07 bits per heavy atom. The van der Waals surface area contributed by atoms with Crippen molar-refractivity contribution in [3.8, 4) is 0 Å². The zero-order chi connectivity index (χ0) is 19.3. The molecule has 0 aliphatic carbocycles. The Labute approximate surface area is 167 Å². The molecule has 4 rings (SSSR count). The molecule has 3 aromatic rings. The van der Waals surface area contributed by atoms with E-state index < -0.39 is 0 Å². The monoisotopic (exact) mass is 392 g/mol. The highest BCUT2D eigenvalue weighted by Crippen LogP contribution is 2.28. The quantitative estimate of drug-likeness (QED) is 0.670. The van der Waals surface area contributed by atoms with Crippen molar-refractivity contribution < 1.29 is 4.79 Å². The molecule has 1 fully saturated rings. The number of aromatic nitrogens is 4. The van der Waals surface area contributed by atoms with Gasteiger partial charge in [-0.1, -0.05) is 6.07 Å². The first-order valence-electron chi connectivity index (χ1n) is 9.06. The lowest BCUT2D eigenvalue weighted by atomic mass is 10.0. The van der Waals surface area contributed by atoms with E-state index in [-0.39, 0.29) is 11.8 Å². The van der Waals surface area contributed by atoms with E-state index in [1.165, 1.54) is 11.3 Å². The van der Waals surface area contributed by atoms with Crippen molar-refractivity contribution in [2.45, 2.75) is 19.3 Å². The summed E-state index contributed by atoms with van der Waals surface area (Å²) in [6.45, 7) is 3.26. The lowest BCUT2D eigenvalue weighted by Crippen LogP contribution is -2.26. The molecular formula is C20H20N6OS. The minimum Gasteiger partial charge on any atom is -0.338 e. The average Bonchev–Trinajstić information content (AvgIpc) is 3.38. The zero-order valence-electron chi connectivity index (χ0n) is 15.4. The molecule has 0 radical (unpaired) electrons. The van der Waals surface area contributed by atoms with Crippen LogP contribution in [0.2, 0.25) is 0 Å². The summed E-state index contributed by atoms with van der Waals surface area (Å²) < 4.78 is 0. The second-order valence-electron chi connectivity index (χ2n) is 6.58. The molecule has 28 heavy (non-hydrogen) atoms. The molecule has 0 spiro atoms. The van der Waals surface area contributed by atoms with Crippen LogP contribution >= 0.6 is 11.3 Å². The molecule has 8 heteroatoms. The van der Waals surface area contributed by atoms with Crippen LogP contribution in [0, 0.1) is 6.92 Å².